The van der Waals surface area contributed by atoms with Gasteiger partial charge in [0.15, 0.2) is 11.6 Å². The summed E-state index contributed by atoms with van der Waals surface area (Å²) in [5.41, 5.74) is 0.962. The zero-order valence-electron chi connectivity index (χ0n) is 9.48. The Kier molecular flexibility index (Phi) is 3.28. The number of rotatable bonds is 3. The van der Waals surface area contributed by atoms with Crippen molar-refractivity contribution < 1.29 is 4.39 Å². The molecule has 0 radical (unpaired) electrons. The molecule has 17 heavy (non-hydrogen) atoms. The van der Waals surface area contributed by atoms with Crippen LogP contribution in [-0.4, -0.2) is 14.8 Å². The molecule has 2 aromatic heterocycles. The first-order valence-corrected chi connectivity index (χ1v) is 5.50. The predicted molar refractivity (Wildman–Crippen MR) is 64.5 cm³/mol. The molecule has 0 saturated carbocycles. The molecule has 0 spiro atoms. The van der Waals surface area contributed by atoms with Crippen LogP contribution in [0, 0.1) is 5.82 Å². The lowest BCUT2D eigenvalue weighted by Crippen LogP contribution is -2.08. The highest BCUT2D eigenvalue weighted by Crippen LogP contribution is 2.21. The Morgan fingerprint density at radius 1 is 1.47 bits per heavy atom. The first-order valence-electron chi connectivity index (χ1n) is 5.12. The van der Waals surface area contributed by atoms with E-state index in [2.05, 4.69) is 15.4 Å². The lowest BCUT2D eigenvalue weighted by atomic mass is 10.2. The Morgan fingerprint density at radius 2 is 2.24 bits per heavy atom. The van der Waals surface area contributed by atoms with E-state index in [1.807, 2.05) is 20.2 Å². The average molecular weight is 255 g/mol. The number of hydrogen-bond acceptors (Lipinski definition) is 3. The van der Waals surface area contributed by atoms with Crippen LogP contribution in [0.5, 0.6) is 0 Å². The zero-order valence-corrected chi connectivity index (χ0v) is 10.2. The molecule has 0 aliphatic rings. The van der Waals surface area contributed by atoms with E-state index >= 15 is 0 Å². The minimum Gasteiger partial charge on any atom is -0.361 e. The van der Waals surface area contributed by atoms with E-state index in [-0.39, 0.29) is 16.9 Å². The second-order valence-corrected chi connectivity index (χ2v) is 4.23. The van der Waals surface area contributed by atoms with Crippen LogP contribution >= 0.6 is 11.6 Å². The van der Waals surface area contributed by atoms with Gasteiger partial charge in [-0.05, 0) is 13.0 Å². The minimum absolute atomic E-state index is 0.0770. The van der Waals surface area contributed by atoms with Gasteiger partial charge in [0.25, 0.3) is 0 Å². The van der Waals surface area contributed by atoms with Crippen LogP contribution in [0.3, 0.4) is 0 Å². The number of nitrogens with one attached hydrogen (secondary N) is 1. The minimum atomic E-state index is -0.465. The maximum Gasteiger partial charge on any atom is 0.166 e. The van der Waals surface area contributed by atoms with E-state index < -0.39 is 5.82 Å². The lowest BCUT2D eigenvalue weighted by Gasteiger charge is -2.13. The Bertz CT molecular complexity index is 526. The van der Waals surface area contributed by atoms with Crippen molar-refractivity contribution >= 4 is 17.4 Å². The van der Waals surface area contributed by atoms with Gasteiger partial charge in [-0.2, -0.15) is 5.10 Å². The Labute approximate surface area is 103 Å². The molecule has 1 N–H and O–H groups in total. The molecule has 6 heteroatoms. The number of aryl methyl sites for hydroxylation is 1. The van der Waals surface area contributed by atoms with Gasteiger partial charge in [0, 0.05) is 25.0 Å². The molecular weight excluding hydrogens is 243 g/mol. The molecular formula is C11H12ClFN4. The molecule has 2 aromatic rings. The number of halogens is 2. The summed E-state index contributed by atoms with van der Waals surface area (Å²) >= 11 is 5.63. The van der Waals surface area contributed by atoms with Crippen molar-refractivity contribution in [3.63, 3.8) is 0 Å². The van der Waals surface area contributed by atoms with Gasteiger partial charge in [0.05, 0.1) is 17.3 Å². The van der Waals surface area contributed by atoms with Gasteiger partial charge in [-0.15, -0.1) is 0 Å². The van der Waals surface area contributed by atoms with Crippen molar-refractivity contribution in [3.05, 3.63) is 41.1 Å². The summed E-state index contributed by atoms with van der Waals surface area (Å²) in [6, 6.07) is 1.15. The number of nitrogens with zero attached hydrogens (tertiary/aromatic N) is 3. The van der Waals surface area contributed by atoms with Crippen molar-refractivity contribution in [1.82, 2.24) is 14.8 Å². The number of anilines is 1. The van der Waals surface area contributed by atoms with E-state index in [9.17, 15) is 4.39 Å². The van der Waals surface area contributed by atoms with E-state index in [1.54, 1.807) is 10.9 Å². The smallest absolute Gasteiger partial charge is 0.166 e. The van der Waals surface area contributed by atoms with Gasteiger partial charge in [0.1, 0.15) is 0 Å². The summed E-state index contributed by atoms with van der Waals surface area (Å²) in [5, 5.41) is 7.31. The third-order valence-electron chi connectivity index (χ3n) is 2.39. The molecule has 1 unspecified atom stereocenters. The molecule has 0 bridgehead atoms. The molecule has 2 rings (SSSR count). The first kappa shape index (κ1) is 11.9. The predicted octanol–water partition coefficient (Wildman–Crippen LogP) is 2.78. The van der Waals surface area contributed by atoms with Crippen molar-refractivity contribution in [2.24, 2.45) is 7.05 Å². The zero-order chi connectivity index (χ0) is 12.4. The maximum absolute atomic E-state index is 13.5. The van der Waals surface area contributed by atoms with Crippen LogP contribution in [0.4, 0.5) is 10.2 Å². The molecule has 0 amide bonds. The molecule has 90 valence electrons. The topological polar surface area (TPSA) is 42.7 Å². The Balaban J connectivity index is 2.15. The standard InChI is InChI=1S/C11H12ClFN4/c1-7(8-4-15-17(2)6-8)16-11-10(13)3-9(12)5-14-11/h3-7H,1-2H3,(H,14,16). The highest BCUT2D eigenvalue weighted by atomic mass is 35.5. The largest absolute Gasteiger partial charge is 0.361 e. The number of aromatic nitrogens is 3. The fourth-order valence-electron chi connectivity index (χ4n) is 1.47. The quantitative estimate of drug-likeness (QED) is 0.916. The highest BCUT2D eigenvalue weighted by Gasteiger charge is 2.11. The lowest BCUT2D eigenvalue weighted by molar-refractivity contribution is 0.621. The van der Waals surface area contributed by atoms with Crippen LogP contribution < -0.4 is 5.32 Å². The van der Waals surface area contributed by atoms with Gasteiger partial charge in [-0.25, -0.2) is 9.37 Å². The Hall–Kier alpha value is -1.62. The van der Waals surface area contributed by atoms with Gasteiger partial charge in [-0.1, -0.05) is 11.6 Å². The van der Waals surface area contributed by atoms with Crippen molar-refractivity contribution in [3.8, 4) is 0 Å². The van der Waals surface area contributed by atoms with E-state index in [0.29, 0.717) is 0 Å². The van der Waals surface area contributed by atoms with Gasteiger partial charge in [0.2, 0.25) is 0 Å². The van der Waals surface area contributed by atoms with E-state index in [0.717, 1.165) is 5.56 Å². The van der Waals surface area contributed by atoms with E-state index in [1.165, 1.54) is 12.3 Å². The summed E-state index contributed by atoms with van der Waals surface area (Å²) in [6.45, 7) is 1.91. The second-order valence-electron chi connectivity index (χ2n) is 3.80. The number of pyridine rings is 1. The molecule has 0 aliphatic carbocycles. The fourth-order valence-corrected chi connectivity index (χ4v) is 1.62. The molecule has 0 aliphatic heterocycles. The molecule has 1 atom stereocenters. The first-order chi connectivity index (χ1) is 8.06. The summed E-state index contributed by atoms with van der Waals surface area (Å²) < 4.78 is 15.2. The second kappa shape index (κ2) is 4.71. The SMILES string of the molecule is CC(Nc1ncc(Cl)cc1F)c1cnn(C)c1. The summed E-state index contributed by atoms with van der Waals surface area (Å²) in [5.74, 6) is -0.279. The molecule has 4 nitrogen and oxygen atoms in total. The fraction of sp³-hybridized carbons (Fsp3) is 0.273. The van der Waals surface area contributed by atoms with Crippen molar-refractivity contribution in [1.29, 1.82) is 0 Å². The monoisotopic (exact) mass is 254 g/mol. The summed E-state index contributed by atoms with van der Waals surface area (Å²) in [7, 11) is 1.83. The third kappa shape index (κ3) is 2.74. The van der Waals surface area contributed by atoms with E-state index in [4.69, 9.17) is 11.6 Å². The Morgan fingerprint density at radius 3 is 2.82 bits per heavy atom. The summed E-state index contributed by atoms with van der Waals surface area (Å²) in [6.07, 6.45) is 5.00. The summed E-state index contributed by atoms with van der Waals surface area (Å²) in [4.78, 5) is 3.90. The van der Waals surface area contributed by atoms with Gasteiger partial charge >= 0.3 is 0 Å². The highest BCUT2D eigenvalue weighted by molar-refractivity contribution is 6.30. The molecule has 2 heterocycles. The molecule has 0 saturated heterocycles. The molecule has 0 fully saturated rings. The van der Waals surface area contributed by atoms with Crippen LogP contribution in [0.1, 0.15) is 18.5 Å². The number of hydrogen-bond donors (Lipinski definition) is 1. The van der Waals surface area contributed by atoms with Crippen molar-refractivity contribution in [2.45, 2.75) is 13.0 Å². The van der Waals surface area contributed by atoms with Crippen LogP contribution in [-0.2, 0) is 7.05 Å². The van der Waals surface area contributed by atoms with Crippen LogP contribution in [0.15, 0.2) is 24.7 Å². The van der Waals surface area contributed by atoms with Gasteiger partial charge < -0.3 is 5.32 Å². The molecule has 0 aromatic carbocycles. The third-order valence-corrected chi connectivity index (χ3v) is 2.59. The van der Waals surface area contributed by atoms with Crippen LogP contribution in [0.25, 0.3) is 0 Å². The van der Waals surface area contributed by atoms with Gasteiger partial charge in [-0.3, -0.25) is 4.68 Å². The van der Waals surface area contributed by atoms with Crippen LogP contribution in [0.2, 0.25) is 5.02 Å². The average Bonchev–Trinajstić information content (AvgIpc) is 2.69. The normalized spacial score (nSPS) is 12.5. The van der Waals surface area contributed by atoms with Crippen molar-refractivity contribution in [2.75, 3.05) is 5.32 Å². The maximum atomic E-state index is 13.5.